The zero-order chi connectivity index (χ0) is 19.6. The summed E-state index contributed by atoms with van der Waals surface area (Å²) in [6, 6.07) is 31.4. The Morgan fingerprint density at radius 3 is 1.46 bits per heavy atom. The minimum Gasteiger partial charge on any atom is -0.387 e. The van der Waals surface area contributed by atoms with Gasteiger partial charge >= 0.3 is 0 Å². The molecule has 3 nitrogen and oxygen atoms in total. The second-order valence-corrected chi connectivity index (χ2v) is 7.07. The number of nitrogens with zero attached hydrogens (tertiary/aromatic N) is 2. The highest BCUT2D eigenvalue weighted by atomic mass is 16.3. The quantitative estimate of drug-likeness (QED) is 0.499. The minimum atomic E-state index is -0.624. The molecule has 0 aliphatic carbocycles. The Labute approximate surface area is 165 Å². The van der Waals surface area contributed by atoms with Crippen LogP contribution in [0.3, 0.4) is 0 Å². The van der Waals surface area contributed by atoms with Gasteiger partial charge in [-0.15, -0.1) is 0 Å². The molecule has 140 valence electrons. The lowest BCUT2D eigenvalue weighted by molar-refractivity contribution is 0.193. The van der Waals surface area contributed by atoms with Gasteiger partial charge in [0, 0.05) is 5.69 Å². The number of hydrogen-bond acceptors (Lipinski definition) is 2. The molecule has 0 amide bonds. The maximum absolute atomic E-state index is 10.2. The monoisotopic (exact) mass is 368 g/mol. The second kappa shape index (κ2) is 7.45. The number of benzene rings is 3. The molecule has 1 aromatic heterocycles. The van der Waals surface area contributed by atoms with Crippen molar-refractivity contribution >= 4 is 0 Å². The summed E-state index contributed by atoms with van der Waals surface area (Å²) in [6.45, 7) is 3.79. The van der Waals surface area contributed by atoms with E-state index in [1.165, 1.54) is 0 Å². The topological polar surface area (TPSA) is 38.1 Å². The van der Waals surface area contributed by atoms with Crippen LogP contribution < -0.4 is 0 Å². The van der Waals surface area contributed by atoms with E-state index in [1.54, 1.807) is 6.92 Å². The van der Waals surface area contributed by atoms with E-state index in [9.17, 15) is 5.11 Å². The van der Waals surface area contributed by atoms with Gasteiger partial charge in [-0.25, -0.2) is 4.98 Å². The van der Waals surface area contributed by atoms with Gasteiger partial charge in [-0.3, -0.25) is 0 Å². The molecule has 1 heterocycles. The first-order valence-electron chi connectivity index (χ1n) is 9.54. The van der Waals surface area contributed by atoms with Crippen molar-refractivity contribution in [1.82, 2.24) is 9.55 Å². The summed E-state index contributed by atoms with van der Waals surface area (Å²) in [7, 11) is 0. The minimum absolute atomic E-state index is 0.589. The summed E-state index contributed by atoms with van der Waals surface area (Å²) in [5.74, 6) is 0. The third-order valence-corrected chi connectivity index (χ3v) is 5.38. The molecule has 0 aliphatic rings. The van der Waals surface area contributed by atoms with E-state index in [1.807, 2.05) is 31.5 Å². The van der Waals surface area contributed by atoms with Gasteiger partial charge in [0.15, 0.2) is 0 Å². The molecule has 0 fully saturated rings. The predicted octanol–water partition coefficient (Wildman–Crippen LogP) is 5.09. The van der Waals surface area contributed by atoms with Gasteiger partial charge in [-0.2, -0.15) is 0 Å². The van der Waals surface area contributed by atoms with Crippen molar-refractivity contribution < 1.29 is 5.11 Å². The third kappa shape index (κ3) is 2.85. The number of aromatic nitrogens is 2. The SMILES string of the molecule is Cc1c(C(C)O)ncn1C(c1ccccc1)(c1ccccc1)c1ccccc1. The molecule has 0 saturated heterocycles. The molecule has 0 spiro atoms. The number of aliphatic hydroxyl groups excluding tert-OH is 1. The molecule has 1 N–H and O–H groups in total. The number of rotatable bonds is 5. The van der Waals surface area contributed by atoms with Crippen molar-refractivity contribution in [3.63, 3.8) is 0 Å². The normalized spacial score (nSPS) is 12.7. The number of imidazole rings is 1. The van der Waals surface area contributed by atoms with Crippen LogP contribution in [0.2, 0.25) is 0 Å². The van der Waals surface area contributed by atoms with Gasteiger partial charge in [0.25, 0.3) is 0 Å². The zero-order valence-electron chi connectivity index (χ0n) is 16.2. The first-order valence-corrected chi connectivity index (χ1v) is 9.54. The fraction of sp³-hybridized carbons (Fsp3) is 0.160. The average molecular weight is 368 g/mol. The summed E-state index contributed by atoms with van der Waals surface area (Å²) in [5.41, 5.74) is 4.49. The van der Waals surface area contributed by atoms with Crippen molar-refractivity contribution in [3.8, 4) is 0 Å². The van der Waals surface area contributed by atoms with Gasteiger partial charge in [0.05, 0.1) is 18.1 Å². The Kier molecular flexibility index (Phi) is 4.84. The van der Waals surface area contributed by atoms with Gasteiger partial charge in [0.2, 0.25) is 0 Å². The largest absolute Gasteiger partial charge is 0.387 e. The van der Waals surface area contributed by atoms with Crippen molar-refractivity contribution in [2.75, 3.05) is 0 Å². The standard InChI is InChI=1S/C25H24N2O/c1-19-24(20(2)28)26-18-27(19)25(21-12-6-3-7-13-21,22-14-8-4-9-15-22)23-16-10-5-11-17-23/h3-18,20,28H,1-2H3. The lowest BCUT2D eigenvalue weighted by atomic mass is 9.76. The first kappa shape index (κ1) is 18.2. The molecule has 0 radical (unpaired) electrons. The highest BCUT2D eigenvalue weighted by Gasteiger charge is 2.39. The van der Waals surface area contributed by atoms with Crippen LogP contribution in [0.5, 0.6) is 0 Å². The van der Waals surface area contributed by atoms with Crippen LogP contribution in [0.25, 0.3) is 0 Å². The highest BCUT2D eigenvalue weighted by Crippen LogP contribution is 2.42. The second-order valence-electron chi connectivity index (χ2n) is 7.07. The van der Waals surface area contributed by atoms with Crippen LogP contribution in [0.1, 0.15) is 41.1 Å². The summed E-state index contributed by atoms with van der Waals surface area (Å²) < 4.78 is 2.19. The molecule has 1 unspecified atom stereocenters. The first-order chi connectivity index (χ1) is 13.7. The average Bonchev–Trinajstić information content (AvgIpc) is 3.13. The van der Waals surface area contributed by atoms with Gasteiger partial charge < -0.3 is 9.67 Å². The van der Waals surface area contributed by atoms with Crippen LogP contribution in [0.15, 0.2) is 97.3 Å². The van der Waals surface area contributed by atoms with Crippen molar-refractivity contribution in [3.05, 3.63) is 125 Å². The Hall–Kier alpha value is -3.17. The maximum Gasteiger partial charge on any atom is 0.121 e. The van der Waals surface area contributed by atoms with Crippen molar-refractivity contribution in [2.24, 2.45) is 0 Å². The van der Waals surface area contributed by atoms with Crippen LogP contribution in [-0.4, -0.2) is 14.7 Å². The van der Waals surface area contributed by atoms with Crippen molar-refractivity contribution in [1.29, 1.82) is 0 Å². The van der Waals surface area contributed by atoms with Crippen LogP contribution in [0, 0.1) is 6.92 Å². The summed E-state index contributed by atoms with van der Waals surface area (Å²) in [5, 5.41) is 10.2. The Morgan fingerprint density at radius 2 is 1.14 bits per heavy atom. The molecule has 3 aromatic carbocycles. The van der Waals surface area contributed by atoms with Gasteiger partial charge in [-0.05, 0) is 30.5 Å². The molecule has 1 atom stereocenters. The van der Waals surface area contributed by atoms with Crippen molar-refractivity contribution in [2.45, 2.75) is 25.5 Å². The van der Waals surface area contributed by atoms with Gasteiger partial charge in [0.1, 0.15) is 5.54 Å². The molecule has 0 aliphatic heterocycles. The fourth-order valence-electron chi connectivity index (χ4n) is 4.13. The highest BCUT2D eigenvalue weighted by molar-refractivity contribution is 5.51. The van der Waals surface area contributed by atoms with Crippen LogP contribution in [0.4, 0.5) is 0 Å². The predicted molar refractivity (Wildman–Crippen MR) is 112 cm³/mol. The van der Waals surface area contributed by atoms with E-state index in [0.717, 1.165) is 22.4 Å². The summed E-state index contributed by atoms with van der Waals surface area (Å²) in [4.78, 5) is 4.57. The Bertz CT molecular complexity index is 941. The van der Waals surface area contributed by atoms with E-state index >= 15 is 0 Å². The number of aliphatic hydroxyl groups is 1. The Balaban J connectivity index is 2.14. The van der Waals surface area contributed by atoms with E-state index in [0.29, 0.717) is 5.69 Å². The van der Waals surface area contributed by atoms with E-state index in [2.05, 4.69) is 82.3 Å². The van der Waals surface area contributed by atoms with E-state index in [4.69, 9.17) is 0 Å². The van der Waals surface area contributed by atoms with E-state index < -0.39 is 11.6 Å². The number of hydrogen-bond donors (Lipinski definition) is 1. The molecule has 28 heavy (non-hydrogen) atoms. The fourth-order valence-corrected chi connectivity index (χ4v) is 4.13. The summed E-state index contributed by atoms with van der Waals surface area (Å²) >= 11 is 0. The van der Waals surface area contributed by atoms with Gasteiger partial charge in [-0.1, -0.05) is 91.0 Å². The lowest BCUT2D eigenvalue weighted by Gasteiger charge is -2.38. The maximum atomic E-state index is 10.2. The molecule has 4 rings (SSSR count). The molecule has 4 aromatic rings. The molecular weight excluding hydrogens is 344 g/mol. The molecular formula is C25H24N2O. The van der Waals surface area contributed by atoms with E-state index in [-0.39, 0.29) is 0 Å². The zero-order valence-corrected chi connectivity index (χ0v) is 16.2. The lowest BCUT2D eigenvalue weighted by Crippen LogP contribution is -2.38. The smallest absolute Gasteiger partial charge is 0.121 e. The third-order valence-electron chi connectivity index (χ3n) is 5.38. The summed E-state index contributed by atoms with van der Waals surface area (Å²) in [6.07, 6.45) is 1.23. The Morgan fingerprint density at radius 1 is 0.750 bits per heavy atom. The van der Waals surface area contributed by atoms with Crippen LogP contribution >= 0.6 is 0 Å². The molecule has 0 saturated carbocycles. The molecule has 3 heteroatoms. The van der Waals surface area contributed by atoms with Crippen LogP contribution in [-0.2, 0) is 5.54 Å². The molecule has 0 bridgehead atoms.